The van der Waals surface area contributed by atoms with Gasteiger partial charge in [0, 0.05) is 47.7 Å². The van der Waals surface area contributed by atoms with E-state index in [4.69, 9.17) is 5.26 Å². The minimum Gasteiger partial charge on any atom is -0.382 e. The first kappa shape index (κ1) is 18.6. The first-order valence-electron chi connectivity index (χ1n) is 9.50. The lowest BCUT2D eigenvalue weighted by molar-refractivity contribution is 0.579. The van der Waals surface area contributed by atoms with E-state index in [1.807, 2.05) is 16.9 Å². The quantitative estimate of drug-likeness (QED) is 0.541. The van der Waals surface area contributed by atoms with Crippen LogP contribution in [0.2, 0.25) is 0 Å². The molecule has 0 saturated heterocycles. The van der Waals surface area contributed by atoms with Crippen LogP contribution in [0.5, 0.6) is 0 Å². The number of pyridine rings is 2. The molecule has 0 aromatic carbocycles. The van der Waals surface area contributed by atoms with Gasteiger partial charge in [0.2, 0.25) is 0 Å². The highest BCUT2D eigenvalue weighted by Crippen LogP contribution is 2.28. The predicted octanol–water partition coefficient (Wildman–Crippen LogP) is 3.18. The summed E-state index contributed by atoms with van der Waals surface area (Å²) in [5.41, 5.74) is 3.68. The maximum Gasteiger partial charge on any atom is 0.164 e. The third-order valence-electron chi connectivity index (χ3n) is 4.36. The van der Waals surface area contributed by atoms with E-state index in [-0.39, 0.29) is 6.04 Å². The van der Waals surface area contributed by atoms with E-state index in [9.17, 15) is 0 Å². The molecule has 4 rings (SSSR count). The van der Waals surface area contributed by atoms with Crippen molar-refractivity contribution in [3.8, 4) is 23.1 Å². The summed E-state index contributed by atoms with van der Waals surface area (Å²) < 4.78 is 3.50. The minimum atomic E-state index is 0.223. The van der Waals surface area contributed by atoms with Crippen LogP contribution in [0.4, 0.5) is 5.69 Å². The summed E-state index contributed by atoms with van der Waals surface area (Å²) in [5.74, 6) is 0.630. The van der Waals surface area contributed by atoms with E-state index < -0.39 is 0 Å². The zero-order valence-corrected chi connectivity index (χ0v) is 16.5. The summed E-state index contributed by atoms with van der Waals surface area (Å²) in [6.07, 6.45) is 7.92. The molecule has 0 radical (unpaired) electrons. The molecule has 0 spiro atoms. The first-order chi connectivity index (χ1) is 14.1. The standard InChI is InChI=1S/C20H21N9/c1-4-5-28-12-18(26-27-28)16-11-22-19(7-17(16)25-13(2)3)29-20-15(10-24-29)6-14(8-21)9-23-20/h6-7,9-13H,4-5H2,1-3H3,(H,22,25). The van der Waals surface area contributed by atoms with Crippen molar-refractivity contribution < 1.29 is 0 Å². The molecule has 0 saturated carbocycles. The molecule has 0 atom stereocenters. The Morgan fingerprint density at radius 1 is 1.17 bits per heavy atom. The summed E-state index contributed by atoms with van der Waals surface area (Å²) >= 11 is 0. The molecule has 4 heterocycles. The molecule has 4 aromatic rings. The number of nitrogens with zero attached hydrogens (tertiary/aromatic N) is 8. The van der Waals surface area contributed by atoms with E-state index in [0.717, 1.165) is 35.3 Å². The Hall–Kier alpha value is -3.80. The van der Waals surface area contributed by atoms with Gasteiger partial charge in [-0.05, 0) is 26.3 Å². The van der Waals surface area contributed by atoms with Crippen molar-refractivity contribution in [1.29, 1.82) is 5.26 Å². The molecule has 9 heteroatoms. The molecule has 0 bridgehead atoms. The van der Waals surface area contributed by atoms with Gasteiger partial charge in [0.25, 0.3) is 0 Å². The summed E-state index contributed by atoms with van der Waals surface area (Å²) in [7, 11) is 0. The van der Waals surface area contributed by atoms with Crippen LogP contribution in [-0.2, 0) is 6.54 Å². The lowest BCUT2D eigenvalue weighted by atomic mass is 10.1. The van der Waals surface area contributed by atoms with Crippen molar-refractivity contribution >= 4 is 16.7 Å². The molecular formula is C20H21N9. The second-order valence-electron chi connectivity index (χ2n) is 7.06. The average molecular weight is 387 g/mol. The normalized spacial score (nSPS) is 11.1. The van der Waals surface area contributed by atoms with Gasteiger partial charge in [-0.3, -0.25) is 4.68 Å². The maximum absolute atomic E-state index is 9.06. The second-order valence-corrected chi connectivity index (χ2v) is 7.06. The molecule has 0 aliphatic rings. The van der Waals surface area contributed by atoms with Gasteiger partial charge in [0.05, 0.1) is 18.0 Å². The number of nitrogens with one attached hydrogen (secondary N) is 1. The van der Waals surface area contributed by atoms with Crippen molar-refractivity contribution in [2.75, 3.05) is 5.32 Å². The molecule has 0 aliphatic heterocycles. The van der Waals surface area contributed by atoms with Crippen LogP contribution in [0.25, 0.3) is 28.1 Å². The highest BCUT2D eigenvalue weighted by Gasteiger charge is 2.15. The van der Waals surface area contributed by atoms with Crippen LogP contribution < -0.4 is 5.32 Å². The number of rotatable bonds is 6. The number of aromatic nitrogens is 7. The smallest absolute Gasteiger partial charge is 0.164 e. The molecule has 0 unspecified atom stereocenters. The number of hydrogen-bond donors (Lipinski definition) is 1. The Labute approximate surface area is 168 Å². The van der Waals surface area contributed by atoms with Gasteiger partial charge >= 0.3 is 0 Å². The molecule has 29 heavy (non-hydrogen) atoms. The Bertz CT molecular complexity index is 1200. The molecule has 9 nitrogen and oxygen atoms in total. The number of hydrogen-bond acceptors (Lipinski definition) is 7. The predicted molar refractivity (Wildman–Crippen MR) is 109 cm³/mol. The van der Waals surface area contributed by atoms with Crippen LogP contribution >= 0.6 is 0 Å². The molecule has 0 aliphatic carbocycles. The third kappa shape index (κ3) is 3.65. The van der Waals surface area contributed by atoms with Gasteiger partial charge in [-0.1, -0.05) is 12.1 Å². The average Bonchev–Trinajstić information content (AvgIpc) is 3.34. The molecule has 146 valence electrons. The van der Waals surface area contributed by atoms with Crippen LogP contribution in [0.1, 0.15) is 32.8 Å². The van der Waals surface area contributed by atoms with Crippen LogP contribution in [0, 0.1) is 11.3 Å². The monoisotopic (exact) mass is 387 g/mol. The second kappa shape index (κ2) is 7.67. The van der Waals surface area contributed by atoms with E-state index >= 15 is 0 Å². The Morgan fingerprint density at radius 2 is 2.03 bits per heavy atom. The van der Waals surface area contributed by atoms with Crippen molar-refractivity contribution in [3.63, 3.8) is 0 Å². The number of nitriles is 1. The van der Waals surface area contributed by atoms with Crippen molar-refractivity contribution in [1.82, 2.24) is 34.7 Å². The number of anilines is 1. The number of aryl methyl sites for hydroxylation is 1. The lowest BCUT2D eigenvalue weighted by Gasteiger charge is -2.14. The molecule has 1 N–H and O–H groups in total. The summed E-state index contributed by atoms with van der Waals surface area (Å²) in [4.78, 5) is 8.97. The largest absolute Gasteiger partial charge is 0.382 e. The Kier molecular flexibility index (Phi) is 4.91. The molecular weight excluding hydrogens is 366 g/mol. The molecule has 4 aromatic heterocycles. The molecule has 0 amide bonds. The summed E-state index contributed by atoms with van der Waals surface area (Å²) in [6, 6.07) is 6.01. The third-order valence-corrected chi connectivity index (χ3v) is 4.36. The van der Waals surface area contributed by atoms with Gasteiger partial charge in [0.1, 0.15) is 11.8 Å². The number of fused-ring (bicyclic) bond motifs is 1. The van der Waals surface area contributed by atoms with E-state index in [0.29, 0.717) is 17.0 Å². The van der Waals surface area contributed by atoms with Crippen LogP contribution in [-0.4, -0.2) is 40.8 Å². The van der Waals surface area contributed by atoms with E-state index in [2.05, 4.69) is 57.5 Å². The SMILES string of the molecule is CCCn1cc(-c2cnc(-n3ncc4cc(C#N)cnc43)cc2NC(C)C)nn1. The van der Waals surface area contributed by atoms with Crippen molar-refractivity contribution in [3.05, 3.63) is 42.5 Å². The van der Waals surface area contributed by atoms with E-state index in [1.54, 1.807) is 23.1 Å². The van der Waals surface area contributed by atoms with Crippen molar-refractivity contribution in [2.24, 2.45) is 0 Å². The highest BCUT2D eigenvalue weighted by atomic mass is 15.4. The first-order valence-corrected chi connectivity index (χ1v) is 9.50. The van der Waals surface area contributed by atoms with Gasteiger partial charge < -0.3 is 5.32 Å². The maximum atomic E-state index is 9.06. The van der Waals surface area contributed by atoms with Gasteiger partial charge in [-0.15, -0.1) is 5.10 Å². The summed E-state index contributed by atoms with van der Waals surface area (Å²) in [6.45, 7) is 7.07. The summed E-state index contributed by atoms with van der Waals surface area (Å²) in [5, 5.41) is 26.2. The van der Waals surface area contributed by atoms with E-state index in [1.165, 1.54) is 6.20 Å². The van der Waals surface area contributed by atoms with Gasteiger partial charge in [0.15, 0.2) is 11.5 Å². The fourth-order valence-corrected chi connectivity index (χ4v) is 3.10. The highest BCUT2D eigenvalue weighted by molar-refractivity contribution is 5.79. The topological polar surface area (TPSA) is 110 Å². The fourth-order valence-electron chi connectivity index (χ4n) is 3.10. The minimum absolute atomic E-state index is 0.223. The van der Waals surface area contributed by atoms with Gasteiger partial charge in [-0.2, -0.15) is 15.0 Å². The fraction of sp³-hybridized carbons (Fsp3) is 0.300. The molecule has 0 fully saturated rings. The Balaban J connectivity index is 1.79. The zero-order chi connectivity index (χ0) is 20.4. The van der Waals surface area contributed by atoms with Crippen LogP contribution in [0.3, 0.4) is 0 Å². The van der Waals surface area contributed by atoms with Gasteiger partial charge in [-0.25, -0.2) is 9.97 Å². The lowest BCUT2D eigenvalue weighted by Crippen LogP contribution is -2.12. The zero-order valence-electron chi connectivity index (χ0n) is 16.5. The Morgan fingerprint density at radius 3 is 2.79 bits per heavy atom. The van der Waals surface area contributed by atoms with Crippen molar-refractivity contribution in [2.45, 2.75) is 39.8 Å². The van der Waals surface area contributed by atoms with Crippen LogP contribution in [0.15, 0.2) is 36.9 Å².